The molecule has 0 radical (unpaired) electrons. The summed E-state index contributed by atoms with van der Waals surface area (Å²) in [5, 5.41) is 5.87. The van der Waals surface area contributed by atoms with Crippen LogP contribution in [0.4, 0.5) is 16.2 Å². The monoisotopic (exact) mass is 382 g/mol. The predicted molar refractivity (Wildman–Crippen MR) is 115 cm³/mol. The van der Waals surface area contributed by atoms with Crippen molar-refractivity contribution in [3.63, 3.8) is 0 Å². The molecule has 0 unspecified atom stereocenters. The van der Waals surface area contributed by atoms with Gasteiger partial charge in [0.15, 0.2) is 0 Å². The van der Waals surface area contributed by atoms with E-state index in [4.69, 9.17) is 4.74 Å². The number of piperazine rings is 1. The molecule has 28 heavy (non-hydrogen) atoms. The number of carbonyl (C=O) groups is 1. The Hall–Kier alpha value is -2.73. The van der Waals surface area contributed by atoms with Crippen molar-refractivity contribution < 1.29 is 9.53 Å². The highest BCUT2D eigenvalue weighted by Crippen LogP contribution is 2.28. The number of urea groups is 1. The minimum absolute atomic E-state index is 0.155. The fraction of sp³-hybridized carbons (Fsp3) is 0.409. The van der Waals surface area contributed by atoms with E-state index in [1.54, 1.807) is 7.11 Å². The number of carbonyl (C=O) groups excluding carboxylic acids is 1. The largest absolute Gasteiger partial charge is 0.495 e. The second kappa shape index (κ2) is 9.46. The van der Waals surface area contributed by atoms with Crippen molar-refractivity contribution in [1.29, 1.82) is 0 Å². The Morgan fingerprint density at radius 3 is 2.39 bits per heavy atom. The molecule has 2 N–H and O–H groups in total. The van der Waals surface area contributed by atoms with Gasteiger partial charge in [0.1, 0.15) is 5.75 Å². The first kappa shape index (κ1) is 20.0. The summed E-state index contributed by atoms with van der Waals surface area (Å²) in [6, 6.07) is 14.0. The van der Waals surface area contributed by atoms with E-state index in [9.17, 15) is 4.79 Å². The minimum atomic E-state index is -0.155. The van der Waals surface area contributed by atoms with Gasteiger partial charge in [-0.25, -0.2) is 4.79 Å². The zero-order valence-electron chi connectivity index (χ0n) is 17.0. The van der Waals surface area contributed by atoms with Gasteiger partial charge in [-0.1, -0.05) is 18.2 Å². The summed E-state index contributed by atoms with van der Waals surface area (Å²) in [6.07, 6.45) is 0. The maximum Gasteiger partial charge on any atom is 0.319 e. The molecule has 1 fully saturated rings. The zero-order chi connectivity index (χ0) is 19.9. The Kier molecular flexibility index (Phi) is 6.76. The standard InChI is InChI=1S/C22H30N4O2/c1-17-14-18(2)16-19(15-17)24-22(27)23-8-9-25-10-12-26(13-11-25)20-6-4-5-7-21(20)28-3/h4-7,14-16H,8-13H2,1-3H3,(H2,23,24,27). The number of hydrogen-bond acceptors (Lipinski definition) is 4. The molecule has 1 aliphatic rings. The summed E-state index contributed by atoms with van der Waals surface area (Å²) in [4.78, 5) is 16.9. The summed E-state index contributed by atoms with van der Waals surface area (Å²) in [6.45, 7) is 9.38. The topological polar surface area (TPSA) is 56.8 Å². The molecule has 0 atom stereocenters. The summed E-state index contributed by atoms with van der Waals surface area (Å²) in [5.41, 5.74) is 4.27. The first-order valence-corrected chi connectivity index (χ1v) is 9.78. The highest BCUT2D eigenvalue weighted by molar-refractivity contribution is 5.89. The summed E-state index contributed by atoms with van der Waals surface area (Å²) in [5.74, 6) is 0.917. The molecule has 3 rings (SSSR count). The maximum atomic E-state index is 12.1. The molecule has 1 saturated heterocycles. The van der Waals surface area contributed by atoms with E-state index in [2.05, 4.69) is 32.6 Å². The maximum absolute atomic E-state index is 12.1. The van der Waals surface area contributed by atoms with Crippen LogP contribution in [-0.4, -0.2) is 57.3 Å². The van der Waals surface area contributed by atoms with E-state index in [0.717, 1.165) is 61.0 Å². The van der Waals surface area contributed by atoms with Gasteiger partial charge in [-0.2, -0.15) is 0 Å². The number of aryl methyl sites for hydroxylation is 2. The zero-order valence-corrected chi connectivity index (χ0v) is 17.0. The van der Waals surface area contributed by atoms with E-state index in [-0.39, 0.29) is 6.03 Å². The third-order valence-corrected chi connectivity index (χ3v) is 4.99. The summed E-state index contributed by atoms with van der Waals surface area (Å²) in [7, 11) is 1.71. The van der Waals surface area contributed by atoms with Crippen molar-refractivity contribution in [1.82, 2.24) is 10.2 Å². The second-order valence-electron chi connectivity index (χ2n) is 7.26. The smallest absolute Gasteiger partial charge is 0.319 e. The number of nitrogens with one attached hydrogen (secondary N) is 2. The number of amides is 2. The van der Waals surface area contributed by atoms with Crippen LogP contribution in [-0.2, 0) is 0 Å². The molecular formula is C22H30N4O2. The van der Waals surface area contributed by atoms with Crippen molar-refractivity contribution >= 4 is 17.4 Å². The number of hydrogen-bond donors (Lipinski definition) is 2. The van der Waals surface area contributed by atoms with Gasteiger partial charge in [0.25, 0.3) is 0 Å². The molecule has 0 aromatic heterocycles. The van der Waals surface area contributed by atoms with E-state index in [1.807, 2.05) is 44.2 Å². The fourth-order valence-corrected chi connectivity index (χ4v) is 3.65. The molecule has 0 bridgehead atoms. The Balaban J connectivity index is 1.40. The summed E-state index contributed by atoms with van der Waals surface area (Å²) < 4.78 is 5.47. The van der Waals surface area contributed by atoms with Gasteiger partial charge in [-0.3, -0.25) is 4.90 Å². The number of anilines is 2. The van der Waals surface area contributed by atoms with Crippen molar-refractivity contribution in [2.24, 2.45) is 0 Å². The van der Waals surface area contributed by atoms with Gasteiger partial charge >= 0.3 is 6.03 Å². The number of methoxy groups -OCH3 is 1. The molecule has 2 amide bonds. The van der Waals surface area contributed by atoms with Gasteiger partial charge in [-0.15, -0.1) is 0 Å². The molecule has 6 heteroatoms. The second-order valence-corrected chi connectivity index (χ2v) is 7.26. The van der Waals surface area contributed by atoms with E-state index >= 15 is 0 Å². The lowest BCUT2D eigenvalue weighted by Gasteiger charge is -2.36. The first-order chi connectivity index (χ1) is 13.5. The number of benzene rings is 2. The van der Waals surface area contributed by atoms with Gasteiger partial charge in [0.2, 0.25) is 0 Å². The van der Waals surface area contributed by atoms with Crippen LogP contribution in [0, 0.1) is 13.8 Å². The molecule has 1 aliphatic heterocycles. The molecule has 2 aromatic carbocycles. The number of rotatable bonds is 6. The normalized spacial score (nSPS) is 14.6. The quantitative estimate of drug-likeness (QED) is 0.805. The van der Waals surface area contributed by atoms with Crippen LogP contribution in [0.3, 0.4) is 0 Å². The van der Waals surface area contributed by atoms with Crippen molar-refractivity contribution in [2.45, 2.75) is 13.8 Å². The Morgan fingerprint density at radius 2 is 1.71 bits per heavy atom. The molecule has 1 heterocycles. The van der Waals surface area contributed by atoms with Gasteiger partial charge in [0, 0.05) is 45.0 Å². The van der Waals surface area contributed by atoms with Gasteiger partial charge in [-0.05, 0) is 49.2 Å². The highest BCUT2D eigenvalue weighted by Gasteiger charge is 2.19. The lowest BCUT2D eigenvalue weighted by Crippen LogP contribution is -2.48. The highest BCUT2D eigenvalue weighted by atomic mass is 16.5. The van der Waals surface area contributed by atoms with Crippen LogP contribution in [0.1, 0.15) is 11.1 Å². The van der Waals surface area contributed by atoms with Gasteiger partial charge in [0.05, 0.1) is 12.8 Å². The minimum Gasteiger partial charge on any atom is -0.495 e. The molecular weight excluding hydrogens is 352 g/mol. The van der Waals surface area contributed by atoms with E-state index in [0.29, 0.717) is 6.54 Å². The molecule has 0 saturated carbocycles. The lowest BCUT2D eigenvalue weighted by molar-refractivity contribution is 0.240. The number of para-hydroxylation sites is 2. The molecule has 2 aromatic rings. The predicted octanol–water partition coefficient (Wildman–Crippen LogP) is 3.26. The van der Waals surface area contributed by atoms with Crippen molar-refractivity contribution in [3.05, 3.63) is 53.6 Å². The third-order valence-electron chi connectivity index (χ3n) is 4.99. The van der Waals surface area contributed by atoms with Gasteiger partial charge < -0.3 is 20.3 Å². The Labute approximate surface area is 167 Å². The van der Waals surface area contributed by atoms with E-state index < -0.39 is 0 Å². The van der Waals surface area contributed by atoms with Crippen LogP contribution >= 0.6 is 0 Å². The van der Waals surface area contributed by atoms with Crippen molar-refractivity contribution in [2.75, 3.05) is 56.6 Å². The van der Waals surface area contributed by atoms with Crippen molar-refractivity contribution in [3.8, 4) is 5.75 Å². The van der Waals surface area contributed by atoms with Crippen LogP contribution in [0.25, 0.3) is 0 Å². The Bertz CT molecular complexity index is 781. The SMILES string of the molecule is COc1ccccc1N1CCN(CCNC(=O)Nc2cc(C)cc(C)c2)CC1. The Morgan fingerprint density at radius 1 is 1.04 bits per heavy atom. The number of nitrogens with zero attached hydrogens (tertiary/aromatic N) is 2. The first-order valence-electron chi connectivity index (χ1n) is 9.78. The van der Waals surface area contributed by atoms with Crippen LogP contribution in [0.5, 0.6) is 5.75 Å². The molecule has 6 nitrogen and oxygen atoms in total. The average Bonchev–Trinajstić information content (AvgIpc) is 2.67. The van der Waals surface area contributed by atoms with Crippen LogP contribution < -0.4 is 20.3 Å². The molecule has 150 valence electrons. The third kappa shape index (κ3) is 5.39. The molecule has 0 aliphatic carbocycles. The number of ether oxygens (including phenoxy) is 1. The lowest BCUT2D eigenvalue weighted by atomic mass is 10.1. The summed E-state index contributed by atoms with van der Waals surface area (Å²) >= 11 is 0. The average molecular weight is 383 g/mol. The van der Waals surface area contributed by atoms with E-state index in [1.165, 1.54) is 0 Å². The molecule has 0 spiro atoms. The van der Waals surface area contributed by atoms with Crippen LogP contribution in [0.15, 0.2) is 42.5 Å². The fourth-order valence-electron chi connectivity index (χ4n) is 3.65. The van der Waals surface area contributed by atoms with Crippen LogP contribution in [0.2, 0.25) is 0 Å².